The van der Waals surface area contributed by atoms with Crippen molar-refractivity contribution >= 4 is 17.5 Å². The van der Waals surface area contributed by atoms with Gasteiger partial charge in [-0.1, -0.05) is 50.3 Å². The lowest BCUT2D eigenvalue weighted by molar-refractivity contribution is -0.173. The second-order valence-corrected chi connectivity index (χ2v) is 11.1. The number of rotatable bonds is 4. The summed E-state index contributed by atoms with van der Waals surface area (Å²) >= 11 is 0. The second kappa shape index (κ2) is 8.10. The fourth-order valence-corrected chi connectivity index (χ4v) is 7.69. The van der Waals surface area contributed by atoms with E-state index in [9.17, 15) is 24.6 Å². The van der Waals surface area contributed by atoms with E-state index in [1.807, 2.05) is 13.0 Å². The molecule has 0 saturated heterocycles. The average Bonchev–Trinajstić information content (AvgIpc) is 3.04. The summed E-state index contributed by atoms with van der Waals surface area (Å²) in [6.45, 7) is 7.47. The van der Waals surface area contributed by atoms with Gasteiger partial charge in [0.1, 0.15) is 0 Å². The van der Waals surface area contributed by atoms with Crippen LogP contribution in [0.5, 0.6) is 0 Å². The molecule has 184 valence electrons. The van der Waals surface area contributed by atoms with E-state index in [0.29, 0.717) is 17.6 Å². The van der Waals surface area contributed by atoms with Gasteiger partial charge >= 0.3 is 5.97 Å². The summed E-state index contributed by atoms with van der Waals surface area (Å²) in [5.41, 5.74) is -1.47. The number of fused-ring (bicyclic) bond motifs is 5. The van der Waals surface area contributed by atoms with Crippen LogP contribution in [0.4, 0.5) is 0 Å². The minimum absolute atomic E-state index is 0.0228. The molecule has 35 heavy (non-hydrogen) atoms. The summed E-state index contributed by atoms with van der Waals surface area (Å²) in [7, 11) is 0. The highest BCUT2D eigenvalue weighted by molar-refractivity contribution is 6.01. The molecule has 6 heteroatoms. The summed E-state index contributed by atoms with van der Waals surface area (Å²) in [4.78, 5) is 37.8. The maximum absolute atomic E-state index is 13.4. The molecule has 6 nitrogen and oxygen atoms in total. The third-order valence-electron chi connectivity index (χ3n) is 9.44. The SMILES string of the molecule is C=C1C[C@H]2[C@@H]3CCC4=CC(=O)C=C[C@]4(C)[C@H]3C(O)C[C@]2(C)[C@@]1(O)C(=O)COC(=O)c1ccccc1. The lowest BCUT2D eigenvalue weighted by Crippen LogP contribution is -2.62. The number of aliphatic hydroxyl groups excluding tert-OH is 1. The smallest absolute Gasteiger partial charge is 0.338 e. The minimum atomic E-state index is -1.89. The van der Waals surface area contributed by atoms with Crippen molar-refractivity contribution in [1.82, 2.24) is 0 Å². The second-order valence-electron chi connectivity index (χ2n) is 11.1. The van der Waals surface area contributed by atoms with Crippen LogP contribution in [0.3, 0.4) is 0 Å². The molecule has 3 saturated carbocycles. The van der Waals surface area contributed by atoms with Crippen molar-refractivity contribution in [2.75, 3.05) is 6.61 Å². The molecule has 0 heterocycles. The number of Topliss-reactive ketones (excluding diaryl/α,β-unsaturated/α-hetero) is 1. The highest BCUT2D eigenvalue weighted by atomic mass is 16.5. The number of ketones is 2. The average molecular weight is 477 g/mol. The number of benzene rings is 1. The van der Waals surface area contributed by atoms with E-state index in [4.69, 9.17) is 4.74 Å². The first-order valence-corrected chi connectivity index (χ1v) is 12.3. The molecule has 1 aromatic rings. The molecule has 0 spiro atoms. The maximum Gasteiger partial charge on any atom is 0.338 e. The topological polar surface area (TPSA) is 101 Å². The number of hydrogen-bond acceptors (Lipinski definition) is 6. The fourth-order valence-electron chi connectivity index (χ4n) is 7.69. The molecule has 5 rings (SSSR count). The summed E-state index contributed by atoms with van der Waals surface area (Å²) in [5.74, 6) is -1.39. The van der Waals surface area contributed by atoms with E-state index in [-0.39, 0.29) is 30.0 Å². The molecule has 0 bridgehead atoms. The van der Waals surface area contributed by atoms with Gasteiger partial charge in [0.15, 0.2) is 18.0 Å². The van der Waals surface area contributed by atoms with Gasteiger partial charge in [-0.15, -0.1) is 0 Å². The molecule has 1 unspecified atom stereocenters. The lowest BCUT2D eigenvalue weighted by Gasteiger charge is -2.59. The first kappa shape index (κ1) is 23.9. The van der Waals surface area contributed by atoms with Crippen LogP contribution in [-0.2, 0) is 14.3 Å². The van der Waals surface area contributed by atoms with Crippen LogP contribution in [0.1, 0.15) is 49.9 Å². The Balaban J connectivity index is 1.41. The molecule has 0 aromatic heterocycles. The third-order valence-corrected chi connectivity index (χ3v) is 9.44. The molecule has 3 fully saturated rings. The number of ether oxygens (including phenoxy) is 1. The van der Waals surface area contributed by atoms with Crippen LogP contribution in [0.25, 0.3) is 0 Å². The van der Waals surface area contributed by atoms with E-state index in [1.165, 1.54) is 0 Å². The minimum Gasteiger partial charge on any atom is -0.454 e. The van der Waals surface area contributed by atoms with Gasteiger partial charge in [-0.05, 0) is 67.4 Å². The zero-order valence-corrected chi connectivity index (χ0v) is 20.2. The van der Waals surface area contributed by atoms with E-state index < -0.39 is 40.9 Å². The number of carbonyl (C=O) groups excluding carboxylic acids is 3. The molecule has 0 radical (unpaired) electrons. The standard InChI is InChI=1S/C29H32O6/c1-17-13-22-21-10-9-19-14-20(30)11-12-27(19,2)25(21)23(31)15-28(22,3)29(17,34)24(32)16-35-26(33)18-7-5-4-6-8-18/h4-8,11-12,14,21-23,25,31,34H,1,9-10,13,15-16H2,2-3H3/t21-,22-,23?,25+,27-,28-,29-/m0/s1. The van der Waals surface area contributed by atoms with Crippen molar-refractivity contribution in [3.05, 3.63) is 71.8 Å². The number of aliphatic hydroxyl groups is 2. The number of allylic oxidation sites excluding steroid dienone is 4. The summed E-state index contributed by atoms with van der Waals surface area (Å²) < 4.78 is 5.27. The van der Waals surface area contributed by atoms with Crippen molar-refractivity contribution in [2.45, 2.75) is 51.2 Å². The molecule has 0 amide bonds. The molecule has 7 atom stereocenters. The van der Waals surface area contributed by atoms with Crippen LogP contribution < -0.4 is 0 Å². The highest BCUT2D eigenvalue weighted by Crippen LogP contribution is 2.68. The molecule has 1 aromatic carbocycles. The van der Waals surface area contributed by atoms with Crippen LogP contribution in [-0.4, -0.2) is 46.1 Å². The molecule has 4 aliphatic carbocycles. The summed E-state index contributed by atoms with van der Waals surface area (Å²) in [6, 6.07) is 8.40. The maximum atomic E-state index is 13.4. The summed E-state index contributed by atoms with van der Waals surface area (Å²) in [5, 5.41) is 23.4. The van der Waals surface area contributed by atoms with Gasteiger partial charge in [0.05, 0.1) is 11.7 Å². The normalized spacial score (nSPS) is 39.8. The van der Waals surface area contributed by atoms with Crippen molar-refractivity contribution in [2.24, 2.45) is 28.6 Å². The Morgan fingerprint density at radius 1 is 1.20 bits per heavy atom. The van der Waals surface area contributed by atoms with Crippen LogP contribution in [0.15, 0.2) is 66.3 Å². The van der Waals surface area contributed by atoms with Crippen molar-refractivity contribution < 1.29 is 29.3 Å². The van der Waals surface area contributed by atoms with Crippen molar-refractivity contribution in [1.29, 1.82) is 0 Å². The zero-order chi connectivity index (χ0) is 25.2. The highest BCUT2D eigenvalue weighted by Gasteiger charge is 2.69. The predicted octanol–water partition coefficient (Wildman–Crippen LogP) is 3.59. The number of hydrogen-bond donors (Lipinski definition) is 2. The van der Waals surface area contributed by atoms with Crippen LogP contribution >= 0.6 is 0 Å². The van der Waals surface area contributed by atoms with E-state index in [1.54, 1.807) is 42.5 Å². The number of carbonyl (C=O) groups is 3. The third kappa shape index (κ3) is 3.34. The number of esters is 1. The quantitative estimate of drug-likeness (QED) is 0.509. The Morgan fingerprint density at radius 3 is 2.63 bits per heavy atom. The Labute approximate surface area is 205 Å². The van der Waals surface area contributed by atoms with Gasteiger partial charge in [-0.2, -0.15) is 0 Å². The summed E-state index contributed by atoms with van der Waals surface area (Å²) in [6.07, 6.45) is 6.63. The fraction of sp³-hybridized carbons (Fsp3) is 0.483. The van der Waals surface area contributed by atoms with Gasteiger partial charge in [0, 0.05) is 16.7 Å². The van der Waals surface area contributed by atoms with Crippen molar-refractivity contribution in [3.63, 3.8) is 0 Å². The Bertz CT molecular complexity index is 1160. The Morgan fingerprint density at radius 2 is 1.91 bits per heavy atom. The van der Waals surface area contributed by atoms with Gasteiger partial charge in [-0.25, -0.2) is 4.79 Å². The molecular weight excluding hydrogens is 444 g/mol. The molecule has 0 aliphatic heterocycles. The Kier molecular flexibility index (Phi) is 5.53. The van der Waals surface area contributed by atoms with E-state index >= 15 is 0 Å². The molecular formula is C29H32O6. The Hall–Kier alpha value is -2.83. The monoisotopic (exact) mass is 476 g/mol. The van der Waals surface area contributed by atoms with Crippen LogP contribution in [0, 0.1) is 28.6 Å². The molecule has 4 aliphatic rings. The van der Waals surface area contributed by atoms with Gasteiger partial charge in [0.2, 0.25) is 5.78 Å². The van der Waals surface area contributed by atoms with Crippen LogP contribution in [0.2, 0.25) is 0 Å². The van der Waals surface area contributed by atoms with Gasteiger partial charge < -0.3 is 14.9 Å². The van der Waals surface area contributed by atoms with Crippen molar-refractivity contribution in [3.8, 4) is 0 Å². The lowest BCUT2D eigenvalue weighted by atomic mass is 9.46. The molecule has 2 N–H and O–H groups in total. The predicted molar refractivity (Wildman–Crippen MR) is 129 cm³/mol. The van der Waals surface area contributed by atoms with Gasteiger partial charge in [0.25, 0.3) is 0 Å². The first-order valence-electron chi connectivity index (χ1n) is 12.3. The first-order chi connectivity index (χ1) is 16.5. The van der Waals surface area contributed by atoms with Gasteiger partial charge in [-0.3, -0.25) is 9.59 Å². The van der Waals surface area contributed by atoms with E-state index in [0.717, 1.165) is 18.4 Å². The van der Waals surface area contributed by atoms with E-state index in [2.05, 4.69) is 13.5 Å². The zero-order valence-electron chi connectivity index (χ0n) is 20.2. The largest absolute Gasteiger partial charge is 0.454 e.